The van der Waals surface area contributed by atoms with Crippen LogP contribution in [-0.4, -0.2) is 123 Å². The minimum Gasteiger partial charge on any atom is -0.494 e. The number of carbonyl (C=O) groups excluding carboxylic acids is 2. The highest BCUT2D eigenvalue weighted by Crippen LogP contribution is 2.39. The molecule has 61 heavy (non-hydrogen) atoms. The summed E-state index contributed by atoms with van der Waals surface area (Å²) in [6.45, 7) is 13.3. The first-order chi connectivity index (χ1) is 29.5. The fraction of sp³-hybridized carbons (Fsp3) is 0.467. The van der Waals surface area contributed by atoms with Gasteiger partial charge in [0.05, 0.1) is 24.7 Å². The van der Waals surface area contributed by atoms with Crippen LogP contribution < -0.4 is 41.1 Å². The van der Waals surface area contributed by atoms with Crippen molar-refractivity contribution in [2.75, 3.05) is 105 Å². The summed E-state index contributed by atoms with van der Waals surface area (Å²) in [4.78, 5) is 43.0. The number of anilines is 7. The molecule has 4 saturated heterocycles. The van der Waals surface area contributed by atoms with Crippen LogP contribution in [0.15, 0.2) is 72.9 Å². The number of carbonyl (C=O) groups is 2. The van der Waals surface area contributed by atoms with E-state index in [-0.39, 0.29) is 17.9 Å². The van der Waals surface area contributed by atoms with Crippen LogP contribution in [0.5, 0.6) is 5.75 Å². The predicted octanol–water partition coefficient (Wildman–Crippen LogP) is 6.59. The molecule has 4 aliphatic heterocycles. The van der Waals surface area contributed by atoms with Crippen LogP contribution in [0.1, 0.15) is 38.5 Å². The number of imide groups is 1. The van der Waals surface area contributed by atoms with E-state index in [0.717, 1.165) is 93.5 Å². The van der Waals surface area contributed by atoms with E-state index in [2.05, 4.69) is 75.1 Å². The first kappa shape index (κ1) is 42.8. The molecule has 4 N–H and O–H groups in total. The molecule has 2 amide bonds. The fourth-order valence-corrected chi connectivity index (χ4v) is 10.4. The van der Waals surface area contributed by atoms with Gasteiger partial charge >= 0.3 is 0 Å². The lowest BCUT2D eigenvalue weighted by Crippen LogP contribution is -2.54. The molecule has 0 spiro atoms. The van der Waals surface area contributed by atoms with Crippen molar-refractivity contribution in [1.82, 2.24) is 25.1 Å². The number of hydrogen-bond donors (Lipinski definition) is 4. The van der Waals surface area contributed by atoms with E-state index in [9.17, 15) is 14.2 Å². The monoisotopic (exact) mass is 868 g/mol. The highest BCUT2D eigenvalue weighted by Gasteiger charge is 2.30. The van der Waals surface area contributed by atoms with E-state index in [4.69, 9.17) is 16.3 Å². The molecule has 8 rings (SSSR count). The number of ether oxygens (including phenoxy) is 1. The normalized spacial score (nSPS) is 20.0. The van der Waals surface area contributed by atoms with Gasteiger partial charge in [-0.25, -0.2) is 4.98 Å². The quantitative estimate of drug-likeness (QED) is 0.0847. The van der Waals surface area contributed by atoms with Gasteiger partial charge in [-0.1, -0.05) is 23.7 Å². The molecule has 1 atom stereocenters. The third-order valence-electron chi connectivity index (χ3n) is 12.6. The second-order valence-electron chi connectivity index (χ2n) is 17.1. The van der Waals surface area contributed by atoms with Crippen molar-refractivity contribution in [3.63, 3.8) is 0 Å². The third-order valence-corrected chi connectivity index (χ3v) is 14.4. The Kier molecular flexibility index (Phi) is 13.3. The molecule has 0 aliphatic carbocycles. The molecular weight excluding hydrogens is 811 g/mol. The van der Waals surface area contributed by atoms with Crippen LogP contribution in [-0.2, 0) is 14.2 Å². The smallest absolute Gasteiger partial charge is 0.249 e. The average molecular weight is 869 g/mol. The molecule has 4 aromatic rings. The maximum absolute atomic E-state index is 12.9. The highest BCUT2D eigenvalue weighted by molar-refractivity contribution is 7.70. The Morgan fingerprint density at radius 3 is 2.21 bits per heavy atom. The van der Waals surface area contributed by atoms with Gasteiger partial charge in [-0.05, 0) is 99.9 Å². The summed E-state index contributed by atoms with van der Waals surface area (Å²) < 4.78 is 18.8. The van der Waals surface area contributed by atoms with E-state index in [0.29, 0.717) is 47.1 Å². The van der Waals surface area contributed by atoms with Crippen molar-refractivity contribution in [3.05, 3.63) is 77.9 Å². The zero-order valence-corrected chi connectivity index (χ0v) is 37.1. The van der Waals surface area contributed by atoms with Crippen LogP contribution in [0.2, 0.25) is 5.02 Å². The number of para-hydroxylation sites is 1. The first-order valence-electron chi connectivity index (χ1n) is 21.5. The zero-order valence-electron chi connectivity index (χ0n) is 35.4. The lowest BCUT2D eigenvalue weighted by Gasteiger charge is -2.44. The number of benzene rings is 3. The van der Waals surface area contributed by atoms with Crippen molar-refractivity contribution in [2.45, 2.75) is 50.6 Å². The fourth-order valence-electron chi connectivity index (χ4n) is 9.13. The second kappa shape index (κ2) is 19.0. The second-order valence-corrected chi connectivity index (χ2v) is 20.7. The van der Waals surface area contributed by atoms with Gasteiger partial charge in [0.25, 0.3) is 0 Å². The van der Waals surface area contributed by atoms with E-state index >= 15 is 0 Å². The van der Waals surface area contributed by atoms with Crippen LogP contribution in [0.4, 0.5) is 40.2 Å². The van der Waals surface area contributed by atoms with Crippen molar-refractivity contribution in [2.24, 2.45) is 5.92 Å². The number of rotatable bonds is 13. The molecule has 4 fully saturated rings. The summed E-state index contributed by atoms with van der Waals surface area (Å²) in [7, 11) is -0.864. The van der Waals surface area contributed by atoms with Crippen LogP contribution in [0.25, 0.3) is 0 Å². The largest absolute Gasteiger partial charge is 0.494 e. The van der Waals surface area contributed by atoms with Gasteiger partial charge in [-0.3, -0.25) is 19.8 Å². The number of aromatic nitrogens is 2. The molecule has 0 bridgehead atoms. The molecule has 3 aromatic carbocycles. The average Bonchev–Trinajstić information content (AvgIpc) is 3.27. The van der Waals surface area contributed by atoms with Crippen molar-refractivity contribution >= 4 is 76.1 Å². The molecular formula is C45H58ClN10O4P. The Bertz CT molecular complexity index is 2220. The summed E-state index contributed by atoms with van der Waals surface area (Å²) in [6, 6.07) is 22.3. The zero-order chi connectivity index (χ0) is 42.5. The van der Waals surface area contributed by atoms with Crippen LogP contribution in [0.3, 0.4) is 0 Å². The van der Waals surface area contributed by atoms with E-state index in [1.807, 2.05) is 42.5 Å². The maximum atomic E-state index is 12.9. The lowest BCUT2D eigenvalue weighted by atomic mass is 9.95. The molecule has 1 unspecified atom stereocenters. The molecule has 1 aromatic heterocycles. The summed E-state index contributed by atoms with van der Waals surface area (Å²) in [5.41, 5.74) is 4.70. The summed E-state index contributed by atoms with van der Waals surface area (Å²) in [5, 5.41) is 13.3. The number of piperazine rings is 1. The Labute approximate surface area is 364 Å². The molecule has 16 heteroatoms. The number of methoxy groups -OCH3 is 1. The van der Waals surface area contributed by atoms with Gasteiger partial charge in [-0.15, -0.1) is 0 Å². The lowest BCUT2D eigenvalue weighted by molar-refractivity contribution is -0.133. The molecule has 0 radical (unpaired) electrons. The third kappa shape index (κ3) is 10.6. The summed E-state index contributed by atoms with van der Waals surface area (Å²) >= 11 is 6.50. The van der Waals surface area contributed by atoms with Gasteiger partial charge in [0, 0.05) is 99.8 Å². The van der Waals surface area contributed by atoms with E-state index < -0.39 is 7.14 Å². The van der Waals surface area contributed by atoms with Crippen molar-refractivity contribution in [1.29, 1.82) is 0 Å². The van der Waals surface area contributed by atoms with Crippen molar-refractivity contribution < 1.29 is 18.9 Å². The molecule has 5 heterocycles. The number of nitrogens with zero attached hydrogens (tertiary/aromatic N) is 6. The van der Waals surface area contributed by atoms with Gasteiger partial charge in [0.1, 0.15) is 24.0 Å². The van der Waals surface area contributed by atoms with E-state index in [1.54, 1.807) is 26.6 Å². The highest BCUT2D eigenvalue weighted by atomic mass is 35.5. The molecule has 324 valence electrons. The first-order valence-corrected chi connectivity index (χ1v) is 24.5. The van der Waals surface area contributed by atoms with Gasteiger partial charge in [-0.2, -0.15) is 4.98 Å². The molecule has 4 aliphatic rings. The minimum absolute atomic E-state index is 0.196. The van der Waals surface area contributed by atoms with Crippen molar-refractivity contribution in [3.8, 4) is 5.75 Å². The van der Waals surface area contributed by atoms with Gasteiger partial charge in [0.2, 0.25) is 17.8 Å². The van der Waals surface area contributed by atoms with Crippen LogP contribution in [0, 0.1) is 5.92 Å². The SMILES string of the molecule is COc1cc(N2CCC(N3CCN(CC4CCN(c5ccc(NC6CCC(=O)NC6=O)cc5)CC4)CC3)CC2)ccc1Nc1ncc(Cl)c(Nc2ccccc2P(C)(C)=O)n1. The number of amides is 2. The Morgan fingerprint density at radius 2 is 1.51 bits per heavy atom. The minimum atomic E-state index is -2.54. The topological polar surface area (TPSA) is 147 Å². The number of hydrogen-bond acceptors (Lipinski definition) is 13. The van der Waals surface area contributed by atoms with Crippen LogP contribution >= 0.6 is 18.7 Å². The van der Waals surface area contributed by atoms with Gasteiger partial charge in [0.15, 0.2) is 5.82 Å². The van der Waals surface area contributed by atoms with Gasteiger partial charge < -0.3 is 40.0 Å². The summed E-state index contributed by atoms with van der Waals surface area (Å²) in [5.74, 6) is 1.76. The molecule has 14 nitrogen and oxygen atoms in total. The number of halogens is 1. The summed E-state index contributed by atoms with van der Waals surface area (Å²) in [6.07, 6.45) is 7.11. The maximum Gasteiger partial charge on any atom is 0.249 e. The van der Waals surface area contributed by atoms with E-state index in [1.165, 1.54) is 25.1 Å². The Morgan fingerprint density at radius 1 is 0.820 bits per heavy atom. The Hall–Kier alpha value is -4.88. The standard InChI is InChI=1S/C45H58ClN10O4P/c1-60-40-28-35(12-13-37(40)50-45-47-29-36(46)43(52-45)49-38-6-4-5-7-41(38)61(2,3)59)55-22-18-34(19-23-55)56-26-24-53(25-27-56)30-31-16-20-54(21-17-31)33-10-8-32(9-11-33)48-39-14-15-42(57)51-44(39)58/h4-13,28-29,31,34,39,48H,14-27,30H2,1-3H3,(H,51,57,58)(H2,47,49,50,52). The number of piperidine rings is 3. The Balaban J connectivity index is 0.768. The molecule has 0 saturated carbocycles. The predicted molar refractivity (Wildman–Crippen MR) is 247 cm³/mol. The number of nitrogens with one attached hydrogen (secondary N) is 4.